The molecule has 4 rings (SSSR count). The van der Waals surface area contributed by atoms with Crippen LogP contribution in [0.25, 0.3) is 17.0 Å². The molecule has 0 saturated carbocycles. The normalized spacial score (nSPS) is 11.4. The number of carboxylic acids is 1. The van der Waals surface area contributed by atoms with E-state index in [1.54, 1.807) is 42.5 Å². The minimum Gasteiger partial charge on any atom is -0.508 e. The molecule has 3 aromatic carbocycles. The van der Waals surface area contributed by atoms with Crippen molar-refractivity contribution in [3.8, 4) is 17.2 Å². The maximum absolute atomic E-state index is 13.5. The summed E-state index contributed by atoms with van der Waals surface area (Å²) in [5.74, 6) is -0.335. The van der Waals surface area contributed by atoms with Gasteiger partial charge in [-0.05, 0) is 62.2 Å². The van der Waals surface area contributed by atoms with Crippen molar-refractivity contribution in [2.24, 2.45) is 0 Å². The molecule has 0 bridgehead atoms. The lowest BCUT2D eigenvalue weighted by molar-refractivity contribution is -0.132. The zero-order chi connectivity index (χ0) is 24.4. The molecule has 6 nitrogen and oxygen atoms in total. The van der Waals surface area contributed by atoms with Crippen LogP contribution in [0.1, 0.15) is 39.5 Å². The van der Waals surface area contributed by atoms with Gasteiger partial charge in [0.2, 0.25) is 0 Å². The van der Waals surface area contributed by atoms with E-state index in [0.29, 0.717) is 39.1 Å². The highest BCUT2D eigenvalue weighted by Crippen LogP contribution is 2.35. The Bertz CT molecular complexity index is 1450. The number of nitrogens with zero attached hydrogens (tertiary/aromatic N) is 1. The van der Waals surface area contributed by atoms with Crippen LogP contribution in [0.3, 0.4) is 0 Å². The fourth-order valence-electron chi connectivity index (χ4n) is 3.70. The number of ether oxygens (including phenoxy) is 1. The summed E-state index contributed by atoms with van der Waals surface area (Å²) in [5, 5.41) is 19.5. The smallest absolute Gasteiger partial charge is 0.331 e. The fourth-order valence-corrected chi connectivity index (χ4v) is 3.70. The second-order valence-electron chi connectivity index (χ2n) is 8.15. The number of carbonyl (C=O) groups excluding carboxylic acids is 1. The monoisotopic (exact) mass is 453 g/mol. The Labute approximate surface area is 196 Å². The van der Waals surface area contributed by atoms with E-state index in [1.165, 1.54) is 25.3 Å². The molecule has 0 amide bonds. The van der Waals surface area contributed by atoms with Gasteiger partial charge < -0.3 is 14.9 Å². The number of ketones is 1. The van der Waals surface area contributed by atoms with Crippen molar-refractivity contribution >= 4 is 28.7 Å². The molecule has 2 N–H and O–H groups in total. The van der Waals surface area contributed by atoms with Gasteiger partial charge in [0.25, 0.3) is 0 Å². The Balaban J connectivity index is 1.79. The molecule has 6 heteroatoms. The first-order valence-corrected chi connectivity index (χ1v) is 10.7. The Hall–Kier alpha value is -4.45. The number of carbonyl (C=O) groups is 2. The molecule has 0 aliphatic rings. The molecule has 0 spiro atoms. The second-order valence-corrected chi connectivity index (χ2v) is 8.15. The van der Waals surface area contributed by atoms with Gasteiger partial charge in [0.15, 0.2) is 5.78 Å². The molecule has 0 aliphatic carbocycles. The molecule has 0 atom stereocenters. The SMILES string of the molecule is C/C(=C\c1ccc(Oc2c(C(=O)c3ccc(C)cc3C)cnc3cc(O)ccc23)cc1)C(=O)O. The van der Waals surface area contributed by atoms with Crippen molar-refractivity contribution in [2.45, 2.75) is 20.8 Å². The van der Waals surface area contributed by atoms with Crippen LogP contribution in [0.15, 0.2) is 72.4 Å². The topological polar surface area (TPSA) is 96.7 Å². The lowest BCUT2D eigenvalue weighted by Gasteiger charge is -2.15. The van der Waals surface area contributed by atoms with Gasteiger partial charge in [-0.3, -0.25) is 9.78 Å². The van der Waals surface area contributed by atoms with Gasteiger partial charge in [-0.1, -0.05) is 35.9 Å². The molecule has 0 unspecified atom stereocenters. The third-order valence-corrected chi connectivity index (χ3v) is 5.49. The van der Waals surface area contributed by atoms with Crippen LogP contribution in [0, 0.1) is 13.8 Å². The summed E-state index contributed by atoms with van der Waals surface area (Å²) in [6, 6.07) is 17.2. The van der Waals surface area contributed by atoms with Crippen molar-refractivity contribution in [2.75, 3.05) is 0 Å². The van der Waals surface area contributed by atoms with Crippen molar-refractivity contribution < 1.29 is 24.5 Å². The molecule has 4 aromatic rings. The minimum atomic E-state index is -0.985. The Kier molecular flexibility index (Phi) is 6.15. The van der Waals surface area contributed by atoms with Crippen molar-refractivity contribution in [1.29, 1.82) is 0 Å². The van der Waals surface area contributed by atoms with E-state index in [4.69, 9.17) is 9.84 Å². The number of hydrogen-bond donors (Lipinski definition) is 2. The number of hydrogen-bond acceptors (Lipinski definition) is 5. The maximum atomic E-state index is 13.5. The Morgan fingerprint density at radius 2 is 1.68 bits per heavy atom. The number of aromatic hydroxyl groups is 1. The van der Waals surface area contributed by atoms with Crippen LogP contribution in [0.4, 0.5) is 0 Å². The summed E-state index contributed by atoms with van der Waals surface area (Å²) >= 11 is 0. The van der Waals surface area contributed by atoms with E-state index < -0.39 is 5.97 Å². The minimum absolute atomic E-state index is 0.0596. The number of fused-ring (bicyclic) bond motifs is 1. The molecular weight excluding hydrogens is 430 g/mol. The molecule has 0 aliphatic heterocycles. The van der Waals surface area contributed by atoms with Crippen LogP contribution in [0.5, 0.6) is 17.2 Å². The first kappa shape index (κ1) is 22.7. The van der Waals surface area contributed by atoms with Crippen LogP contribution in [-0.2, 0) is 4.79 Å². The lowest BCUT2D eigenvalue weighted by atomic mass is 9.97. The number of carboxylic acid groups (broad SMARTS) is 1. The molecule has 170 valence electrons. The van der Waals surface area contributed by atoms with E-state index in [1.807, 2.05) is 26.0 Å². The number of aliphatic carboxylic acids is 1. The van der Waals surface area contributed by atoms with Gasteiger partial charge >= 0.3 is 5.97 Å². The first-order chi connectivity index (χ1) is 16.2. The summed E-state index contributed by atoms with van der Waals surface area (Å²) in [5.41, 5.74) is 4.19. The summed E-state index contributed by atoms with van der Waals surface area (Å²) < 4.78 is 6.20. The summed E-state index contributed by atoms with van der Waals surface area (Å²) in [6.07, 6.45) is 3.03. The Morgan fingerprint density at radius 1 is 0.941 bits per heavy atom. The zero-order valence-corrected chi connectivity index (χ0v) is 19.0. The quantitative estimate of drug-likeness (QED) is 0.272. The predicted octanol–water partition coefficient (Wildman–Crippen LogP) is 6.07. The summed E-state index contributed by atoms with van der Waals surface area (Å²) in [6.45, 7) is 5.38. The highest BCUT2D eigenvalue weighted by molar-refractivity contribution is 6.14. The molecule has 0 fully saturated rings. The van der Waals surface area contributed by atoms with E-state index in [9.17, 15) is 14.7 Å². The predicted molar refractivity (Wildman–Crippen MR) is 131 cm³/mol. The Morgan fingerprint density at radius 3 is 2.35 bits per heavy atom. The summed E-state index contributed by atoms with van der Waals surface area (Å²) in [7, 11) is 0. The van der Waals surface area contributed by atoms with Gasteiger partial charge in [-0.25, -0.2) is 4.79 Å². The van der Waals surface area contributed by atoms with Crippen molar-refractivity contribution in [3.05, 3.63) is 100 Å². The fraction of sp³-hybridized carbons (Fsp3) is 0.107. The van der Waals surface area contributed by atoms with Gasteiger partial charge in [0.05, 0.1) is 11.1 Å². The summed E-state index contributed by atoms with van der Waals surface area (Å²) in [4.78, 5) is 29.0. The molecule has 0 radical (unpaired) electrons. The highest BCUT2D eigenvalue weighted by Gasteiger charge is 2.21. The number of benzene rings is 3. The number of aryl methyl sites for hydroxylation is 2. The molecule has 34 heavy (non-hydrogen) atoms. The van der Waals surface area contributed by atoms with Gasteiger partial charge in [-0.2, -0.15) is 0 Å². The van der Waals surface area contributed by atoms with Crippen molar-refractivity contribution in [1.82, 2.24) is 4.98 Å². The average Bonchev–Trinajstić information content (AvgIpc) is 2.79. The van der Waals surface area contributed by atoms with Crippen LogP contribution in [-0.4, -0.2) is 26.9 Å². The number of pyridine rings is 1. The number of phenolic OH excluding ortho intramolecular Hbond substituents is 1. The third-order valence-electron chi connectivity index (χ3n) is 5.49. The molecule has 0 saturated heterocycles. The lowest BCUT2D eigenvalue weighted by Crippen LogP contribution is -2.07. The number of aromatic nitrogens is 1. The van der Waals surface area contributed by atoms with Crippen LogP contribution in [0.2, 0.25) is 0 Å². The number of rotatable bonds is 6. The number of phenols is 1. The maximum Gasteiger partial charge on any atom is 0.331 e. The van der Waals surface area contributed by atoms with Gasteiger partial charge in [0.1, 0.15) is 17.2 Å². The standard InChI is InChI=1S/C28H23NO5/c1-16-4-10-22(17(2)12-16)26(31)24-15-29-25-14-20(30)7-11-23(25)27(24)34-21-8-5-19(6-9-21)13-18(3)28(32)33/h4-15,30H,1-3H3,(H,32,33)/b18-13+. The molecular formula is C28H23NO5. The largest absolute Gasteiger partial charge is 0.508 e. The van der Waals surface area contributed by atoms with Gasteiger partial charge in [-0.15, -0.1) is 0 Å². The van der Waals surface area contributed by atoms with E-state index in [2.05, 4.69) is 4.98 Å². The van der Waals surface area contributed by atoms with E-state index in [-0.39, 0.29) is 17.1 Å². The van der Waals surface area contributed by atoms with Gasteiger partial charge in [0, 0.05) is 28.8 Å². The average molecular weight is 453 g/mol. The molecule has 1 aromatic heterocycles. The van der Waals surface area contributed by atoms with Crippen LogP contribution < -0.4 is 4.74 Å². The van der Waals surface area contributed by atoms with E-state index in [0.717, 1.165) is 11.1 Å². The van der Waals surface area contributed by atoms with Crippen molar-refractivity contribution in [3.63, 3.8) is 0 Å². The third kappa shape index (κ3) is 4.66. The zero-order valence-electron chi connectivity index (χ0n) is 19.0. The van der Waals surface area contributed by atoms with E-state index >= 15 is 0 Å². The van der Waals surface area contributed by atoms with Crippen LogP contribution >= 0.6 is 0 Å². The highest BCUT2D eigenvalue weighted by atomic mass is 16.5. The second kappa shape index (κ2) is 9.19. The molecule has 1 heterocycles. The first-order valence-electron chi connectivity index (χ1n) is 10.7.